The van der Waals surface area contributed by atoms with Crippen molar-refractivity contribution in [2.24, 2.45) is 0 Å². The number of aromatic hydroxyl groups is 1. The Balaban J connectivity index is 1.91. The van der Waals surface area contributed by atoms with Crippen LogP contribution in [0.2, 0.25) is 0 Å². The van der Waals surface area contributed by atoms with E-state index in [-0.39, 0.29) is 0 Å². The fourth-order valence-corrected chi connectivity index (χ4v) is 2.39. The summed E-state index contributed by atoms with van der Waals surface area (Å²) in [5.41, 5.74) is 1.09. The molecule has 1 heteroatoms. The summed E-state index contributed by atoms with van der Waals surface area (Å²) in [5.74, 6) is 0.449. The molecule has 0 saturated heterocycles. The first-order valence-electron chi connectivity index (χ1n) is 7.72. The van der Waals surface area contributed by atoms with E-state index >= 15 is 0 Å². The summed E-state index contributed by atoms with van der Waals surface area (Å²) in [7, 11) is 0. The van der Waals surface area contributed by atoms with Crippen molar-refractivity contribution in [2.75, 3.05) is 0 Å². The average Bonchev–Trinajstić information content (AvgIpc) is 2.43. The molecule has 106 valence electrons. The zero-order valence-electron chi connectivity index (χ0n) is 12.1. The molecule has 0 unspecified atom stereocenters. The highest BCUT2D eigenvalue weighted by Gasteiger charge is 1.99. The van der Waals surface area contributed by atoms with Gasteiger partial charge in [-0.1, -0.05) is 62.8 Å². The molecule has 0 spiro atoms. The van der Waals surface area contributed by atoms with Gasteiger partial charge in [0.25, 0.3) is 0 Å². The predicted molar refractivity (Wildman–Crippen MR) is 83.6 cm³/mol. The van der Waals surface area contributed by atoms with Crippen molar-refractivity contribution in [2.45, 2.75) is 64.2 Å². The maximum Gasteiger partial charge on any atom is 0.118 e. The van der Waals surface area contributed by atoms with E-state index < -0.39 is 0 Å². The van der Waals surface area contributed by atoms with Gasteiger partial charge in [0, 0.05) is 0 Å². The molecular weight excluding hydrogens is 232 g/mol. The molecule has 1 aromatic rings. The van der Waals surface area contributed by atoms with Gasteiger partial charge in [0.15, 0.2) is 0 Å². The molecular formula is C18H28O. The number of para-hydroxylation sites is 1. The van der Waals surface area contributed by atoms with E-state index in [2.05, 4.69) is 6.58 Å². The third-order valence-electron chi connectivity index (χ3n) is 3.60. The normalized spacial score (nSPS) is 10.5. The van der Waals surface area contributed by atoms with Gasteiger partial charge in [0.1, 0.15) is 5.75 Å². The molecule has 1 N–H and O–H groups in total. The minimum Gasteiger partial charge on any atom is -0.508 e. The zero-order chi connectivity index (χ0) is 13.8. The molecule has 0 heterocycles. The van der Waals surface area contributed by atoms with Crippen LogP contribution in [0.4, 0.5) is 0 Å². The van der Waals surface area contributed by atoms with E-state index in [0.29, 0.717) is 5.75 Å². The number of hydrogen-bond acceptors (Lipinski definition) is 1. The molecule has 0 fully saturated rings. The summed E-state index contributed by atoms with van der Waals surface area (Å²) >= 11 is 0. The van der Waals surface area contributed by atoms with Gasteiger partial charge in [-0.3, -0.25) is 0 Å². The fourth-order valence-electron chi connectivity index (χ4n) is 2.39. The van der Waals surface area contributed by atoms with E-state index in [1.54, 1.807) is 6.07 Å². The molecule has 19 heavy (non-hydrogen) atoms. The minimum atomic E-state index is 0.449. The van der Waals surface area contributed by atoms with Gasteiger partial charge >= 0.3 is 0 Å². The SMILES string of the molecule is C=CCCCCCCCCCCc1ccccc1O. The van der Waals surface area contributed by atoms with Crippen molar-refractivity contribution in [1.82, 2.24) is 0 Å². The highest BCUT2D eigenvalue weighted by atomic mass is 16.3. The van der Waals surface area contributed by atoms with Crippen LogP contribution in [0.3, 0.4) is 0 Å². The number of phenolic OH excluding ortho intramolecular Hbond substituents is 1. The molecule has 0 amide bonds. The highest BCUT2D eigenvalue weighted by Crippen LogP contribution is 2.19. The Kier molecular flexibility index (Phi) is 8.87. The number of phenols is 1. The number of allylic oxidation sites excluding steroid dienone is 1. The van der Waals surface area contributed by atoms with Crippen molar-refractivity contribution < 1.29 is 5.11 Å². The molecule has 0 aliphatic rings. The minimum absolute atomic E-state index is 0.449. The Morgan fingerprint density at radius 1 is 0.842 bits per heavy atom. The lowest BCUT2D eigenvalue weighted by Gasteiger charge is -2.04. The van der Waals surface area contributed by atoms with Crippen LogP contribution in [0.25, 0.3) is 0 Å². The molecule has 0 atom stereocenters. The maximum atomic E-state index is 9.65. The van der Waals surface area contributed by atoms with Gasteiger partial charge in [-0.05, 0) is 37.3 Å². The van der Waals surface area contributed by atoms with Gasteiger partial charge in [-0.2, -0.15) is 0 Å². The van der Waals surface area contributed by atoms with Gasteiger partial charge < -0.3 is 5.11 Å². The van der Waals surface area contributed by atoms with Crippen LogP contribution < -0.4 is 0 Å². The summed E-state index contributed by atoms with van der Waals surface area (Å²) in [5, 5.41) is 9.65. The van der Waals surface area contributed by atoms with Crippen molar-refractivity contribution in [3.05, 3.63) is 42.5 Å². The van der Waals surface area contributed by atoms with Gasteiger partial charge in [-0.15, -0.1) is 6.58 Å². The largest absolute Gasteiger partial charge is 0.508 e. The van der Waals surface area contributed by atoms with Crippen molar-refractivity contribution in [3.63, 3.8) is 0 Å². The van der Waals surface area contributed by atoms with E-state index in [1.165, 1.54) is 57.8 Å². The van der Waals surface area contributed by atoms with Gasteiger partial charge in [0.05, 0.1) is 0 Å². The summed E-state index contributed by atoms with van der Waals surface area (Å²) in [6, 6.07) is 7.68. The Labute approximate surface area is 118 Å². The highest BCUT2D eigenvalue weighted by molar-refractivity contribution is 5.31. The van der Waals surface area contributed by atoms with Crippen molar-refractivity contribution in [3.8, 4) is 5.75 Å². The molecule has 1 rings (SSSR count). The smallest absolute Gasteiger partial charge is 0.118 e. The first-order chi connectivity index (χ1) is 9.34. The number of hydrogen-bond donors (Lipinski definition) is 1. The second-order valence-electron chi connectivity index (χ2n) is 5.28. The fraction of sp³-hybridized carbons (Fsp3) is 0.556. The summed E-state index contributed by atoms with van der Waals surface area (Å²) in [6.45, 7) is 3.74. The lowest BCUT2D eigenvalue weighted by molar-refractivity contribution is 0.466. The number of rotatable bonds is 11. The average molecular weight is 260 g/mol. The van der Waals surface area contributed by atoms with E-state index in [9.17, 15) is 5.11 Å². The lowest BCUT2D eigenvalue weighted by atomic mass is 10.0. The Morgan fingerprint density at radius 2 is 1.42 bits per heavy atom. The molecule has 0 bridgehead atoms. The number of benzene rings is 1. The van der Waals surface area contributed by atoms with E-state index in [4.69, 9.17) is 0 Å². The summed E-state index contributed by atoms with van der Waals surface area (Å²) in [4.78, 5) is 0. The first kappa shape index (κ1) is 15.8. The summed E-state index contributed by atoms with van der Waals surface area (Å²) < 4.78 is 0. The maximum absolute atomic E-state index is 9.65. The van der Waals surface area contributed by atoms with Crippen molar-refractivity contribution in [1.29, 1.82) is 0 Å². The first-order valence-corrected chi connectivity index (χ1v) is 7.72. The van der Waals surface area contributed by atoms with Crippen LogP contribution in [0, 0.1) is 0 Å². The third-order valence-corrected chi connectivity index (χ3v) is 3.60. The quantitative estimate of drug-likeness (QED) is 0.404. The monoisotopic (exact) mass is 260 g/mol. The molecule has 0 saturated carbocycles. The predicted octanol–water partition coefficient (Wildman–Crippen LogP) is 5.63. The van der Waals surface area contributed by atoms with Crippen LogP contribution in [-0.4, -0.2) is 5.11 Å². The molecule has 0 aliphatic heterocycles. The number of aryl methyl sites for hydroxylation is 1. The van der Waals surface area contributed by atoms with Gasteiger partial charge in [0.2, 0.25) is 0 Å². The van der Waals surface area contributed by atoms with Crippen LogP contribution in [0.15, 0.2) is 36.9 Å². The van der Waals surface area contributed by atoms with Crippen LogP contribution >= 0.6 is 0 Å². The Hall–Kier alpha value is -1.24. The zero-order valence-corrected chi connectivity index (χ0v) is 12.1. The third kappa shape index (κ3) is 7.71. The van der Waals surface area contributed by atoms with Crippen LogP contribution in [0.5, 0.6) is 5.75 Å². The van der Waals surface area contributed by atoms with Crippen molar-refractivity contribution >= 4 is 0 Å². The van der Waals surface area contributed by atoms with Crippen LogP contribution in [-0.2, 0) is 6.42 Å². The molecule has 0 aromatic heterocycles. The molecule has 0 radical (unpaired) electrons. The Morgan fingerprint density at radius 3 is 2.05 bits per heavy atom. The second-order valence-corrected chi connectivity index (χ2v) is 5.28. The molecule has 1 nitrogen and oxygen atoms in total. The Bertz CT molecular complexity index is 343. The second kappa shape index (κ2) is 10.7. The van der Waals surface area contributed by atoms with Crippen LogP contribution in [0.1, 0.15) is 63.4 Å². The lowest BCUT2D eigenvalue weighted by Crippen LogP contribution is -1.87. The number of unbranched alkanes of at least 4 members (excludes halogenated alkanes) is 8. The topological polar surface area (TPSA) is 20.2 Å². The van der Waals surface area contributed by atoms with E-state index in [1.807, 2.05) is 24.3 Å². The summed E-state index contributed by atoms with van der Waals surface area (Å²) in [6.07, 6.45) is 14.7. The van der Waals surface area contributed by atoms with E-state index in [0.717, 1.165) is 12.0 Å². The molecule has 1 aromatic carbocycles. The standard InChI is InChI=1S/C18H28O/c1-2-3-4-5-6-7-8-9-10-11-14-17-15-12-13-16-18(17)19/h2,12-13,15-16,19H,1,3-11,14H2. The van der Waals surface area contributed by atoms with Gasteiger partial charge in [-0.25, -0.2) is 0 Å². The molecule has 0 aliphatic carbocycles.